The molecular formula is C17H21N3O5S. The van der Waals surface area contributed by atoms with Crippen molar-refractivity contribution in [3.05, 3.63) is 12.1 Å². The van der Waals surface area contributed by atoms with E-state index in [1.54, 1.807) is 33.5 Å². The molecular weight excluding hydrogens is 358 g/mol. The number of nitrogens with zero attached hydrogens (tertiary/aromatic N) is 3. The van der Waals surface area contributed by atoms with Crippen LogP contribution in [0.1, 0.15) is 19.3 Å². The van der Waals surface area contributed by atoms with Crippen molar-refractivity contribution in [2.45, 2.75) is 24.5 Å². The predicted molar refractivity (Wildman–Crippen MR) is 95.7 cm³/mol. The first kappa shape index (κ1) is 18.4. The molecule has 1 aromatic heterocycles. The van der Waals surface area contributed by atoms with Crippen molar-refractivity contribution in [2.24, 2.45) is 0 Å². The first-order valence-corrected chi connectivity index (χ1v) is 9.19. The number of carbonyl (C=O) groups is 1. The lowest BCUT2D eigenvalue weighted by molar-refractivity contribution is -0.132. The average molecular weight is 379 g/mol. The van der Waals surface area contributed by atoms with Gasteiger partial charge in [0.25, 0.3) is 5.22 Å². The summed E-state index contributed by atoms with van der Waals surface area (Å²) in [6.45, 7) is 0.777. The van der Waals surface area contributed by atoms with Gasteiger partial charge in [-0.15, -0.1) is 10.2 Å². The van der Waals surface area contributed by atoms with Gasteiger partial charge in [0.05, 0.1) is 27.2 Å². The molecule has 3 rings (SSSR count). The Morgan fingerprint density at radius 2 is 1.85 bits per heavy atom. The minimum atomic E-state index is 0.174. The number of ether oxygens (including phenoxy) is 3. The molecule has 1 amide bonds. The Balaban J connectivity index is 1.76. The number of hydrogen-bond acceptors (Lipinski definition) is 8. The summed E-state index contributed by atoms with van der Waals surface area (Å²) in [6, 6.07) is 3.49. The Labute approximate surface area is 155 Å². The molecule has 9 heteroatoms. The Kier molecular flexibility index (Phi) is 5.87. The molecule has 140 valence electrons. The maximum atomic E-state index is 11.8. The predicted octanol–water partition coefficient (Wildman–Crippen LogP) is 2.82. The van der Waals surface area contributed by atoms with Crippen molar-refractivity contribution in [1.82, 2.24) is 15.1 Å². The van der Waals surface area contributed by atoms with Crippen molar-refractivity contribution in [3.8, 4) is 28.7 Å². The molecule has 1 saturated heterocycles. The van der Waals surface area contributed by atoms with Gasteiger partial charge >= 0.3 is 0 Å². The van der Waals surface area contributed by atoms with Gasteiger partial charge in [-0.3, -0.25) is 4.79 Å². The number of likely N-dealkylation sites (tertiary alicyclic amines) is 1. The molecule has 0 unspecified atom stereocenters. The fourth-order valence-electron chi connectivity index (χ4n) is 2.72. The van der Waals surface area contributed by atoms with Gasteiger partial charge in [-0.25, -0.2) is 0 Å². The maximum Gasteiger partial charge on any atom is 0.278 e. The molecule has 2 heterocycles. The number of methoxy groups -OCH3 is 3. The Morgan fingerprint density at radius 3 is 2.46 bits per heavy atom. The van der Waals surface area contributed by atoms with Crippen LogP contribution in [0.4, 0.5) is 0 Å². The fourth-order valence-corrected chi connectivity index (χ4v) is 3.50. The van der Waals surface area contributed by atoms with Crippen molar-refractivity contribution >= 4 is 17.7 Å². The van der Waals surface area contributed by atoms with Gasteiger partial charge in [0, 0.05) is 18.5 Å². The van der Waals surface area contributed by atoms with Crippen molar-refractivity contribution in [1.29, 1.82) is 0 Å². The van der Waals surface area contributed by atoms with Gasteiger partial charge in [0.1, 0.15) is 0 Å². The molecule has 0 spiro atoms. The summed E-state index contributed by atoms with van der Waals surface area (Å²) in [5.74, 6) is 2.54. The highest BCUT2D eigenvalue weighted by Crippen LogP contribution is 2.41. The van der Waals surface area contributed by atoms with E-state index in [1.807, 2.05) is 4.90 Å². The van der Waals surface area contributed by atoms with Crippen LogP contribution in [0.3, 0.4) is 0 Å². The summed E-state index contributed by atoms with van der Waals surface area (Å²) >= 11 is 1.35. The summed E-state index contributed by atoms with van der Waals surface area (Å²) in [4.78, 5) is 13.7. The highest BCUT2D eigenvalue weighted by molar-refractivity contribution is 7.99. The van der Waals surface area contributed by atoms with E-state index < -0.39 is 0 Å². The number of rotatable bonds is 7. The third-order valence-corrected chi connectivity index (χ3v) is 4.94. The first-order valence-electron chi connectivity index (χ1n) is 8.20. The van der Waals surface area contributed by atoms with E-state index in [4.69, 9.17) is 18.6 Å². The zero-order valence-electron chi connectivity index (χ0n) is 15.0. The lowest BCUT2D eigenvalue weighted by Gasteiger charge is -2.25. The average Bonchev–Trinajstić information content (AvgIpc) is 3.15. The molecule has 1 aliphatic heterocycles. The van der Waals surface area contributed by atoms with E-state index in [-0.39, 0.29) is 5.91 Å². The molecule has 0 radical (unpaired) electrons. The second kappa shape index (κ2) is 8.31. The number of aromatic nitrogens is 2. The number of amides is 1. The van der Waals surface area contributed by atoms with Gasteiger partial charge in [0.15, 0.2) is 11.5 Å². The highest BCUT2D eigenvalue weighted by atomic mass is 32.2. The third kappa shape index (κ3) is 3.87. The molecule has 1 fully saturated rings. The minimum absolute atomic E-state index is 0.174. The van der Waals surface area contributed by atoms with Crippen LogP contribution in [-0.2, 0) is 4.79 Å². The summed E-state index contributed by atoms with van der Waals surface area (Å²) in [5, 5.41) is 8.54. The lowest BCUT2D eigenvalue weighted by atomic mass is 10.1. The molecule has 0 bridgehead atoms. The van der Waals surface area contributed by atoms with Crippen LogP contribution in [0.2, 0.25) is 0 Å². The smallest absolute Gasteiger partial charge is 0.278 e. The molecule has 26 heavy (non-hydrogen) atoms. The quantitative estimate of drug-likeness (QED) is 0.679. The van der Waals surface area contributed by atoms with Gasteiger partial charge in [-0.05, 0) is 36.7 Å². The fraction of sp³-hybridized carbons (Fsp3) is 0.471. The highest BCUT2D eigenvalue weighted by Gasteiger charge is 2.20. The second-order valence-electron chi connectivity index (χ2n) is 5.67. The molecule has 8 nitrogen and oxygen atoms in total. The van der Waals surface area contributed by atoms with Gasteiger partial charge in [-0.1, -0.05) is 0 Å². The van der Waals surface area contributed by atoms with Crippen LogP contribution < -0.4 is 14.2 Å². The topological polar surface area (TPSA) is 86.9 Å². The molecule has 0 atom stereocenters. The standard InChI is InChI=1S/C17H21N3O5S/c1-22-12-8-11(9-13(23-2)15(12)24-3)16-18-19-17(25-16)26-10-20-7-5-4-6-14(20)21/h8-9H,4-7,10H2,1-3H3. The van der Waals surface area contributed by atoms with Crippen LogP contribution in [0, 0.1) is 0 Å². The number of benzene rings is 1. The Bertz CT molecular complexity index is 755. The number of thioether (sulfide) groups is 1. The number of piperidine rings is 1. The monoisotopic (exact) mass is 379 g/mol. The van der Waals surface area contributed by atoms with E-state index in [0.29, 0.717) is 46.2 Å². The first-order chi connectivity index (χ1) is 12.7. The molecule has 0 aliphatic carbocycles. The largest absolute Gasteiger partial charge is 0.493 e. The number of hydrogen-bond donors (Lipinski definition) is 0. The lowest BCUT2D eigenvalue weighted by Crippen LogP contribution is -2.34. The molecule has 0 saturated carbocycles. The zero-order valence-corrected chi connectivity index (χ0v) is 15.8. The Hall–Kier alpha value is -2.42. The van der Waals surface area contributed by atoms with Crippen LogP contribution in [0.15, 0.2) is 21.8 Å². The van der Waals surface area contributed by atoms with E-state index in [9.17, 15) is 4.79 Å². The summed E-state index contributed by atoms with van der Waals surface area (Å²) in [7, 11) is 4.64. The second-order valence-corrected chi connectivity index (χ2v) is 6.57. The summed E-state index contributed by atoms with van der Waals surface area (Å²) < 4.78 is 21.7. The summed E-state index contributed by atoms with van der Waals surface area (Å²) in [5.41, 5.74) is 0.660. The minimum Gasteiger partial charge on any atom is -0.493 e. The third-order valence-electron chi connectivity index (χ3n) is 4.08. The Morgan fingerprint density at radius 1 is 1.12 bits per heavy atom. The van der Waals surface area contributed by atoms with Crippen molar-refractivity contribution in [3.63, 3.8) is 0 Å². The normalized spacial score (nSPS) is 14.4. The van der Waals surface area contributed by atoms with E-state index >= 15 is 0 Å². The zero-order chi connectivity index (χ0) is 18.5. The molecule has 2 aromatic rings. The summed E-state index contributed by atoms with van der Waals surface area (Å²) in [6.07, 6.45) is 2.61. The van der Waals surface area contributed by atoms with E-state index in [0.717, 1.165) is 19.4 Å². The van der Waals surface area contributed by atoms with Crippen LogP contribution in [0.5, 0.6) is 17.2 Å². The van der Waals surface area contributed by atoms with Crippen LogP contribution >= 0.6 is 11.8 Å². The van der Waals surface area contributed by atoms with Crippen LogP contribution in [0.25, 0.3) is 11.5 Å². The van der Waals surface area contributed by atoms with Gasteiger partial charge < -0.3 is 23.5 Å². The van der Waals surface area contributed by atoms with Gasteiger partial charge in [0.2, 0.25) is 17.5 Å². The molecule has 1 aliphatic rings. The van der Waals surface area contributed by atoms with Crippen molar-refractivity contribution < 1.29 is 23.4 Å². The molecule has 1 aromatic carbocycles. The maximum absolute atomic E-state index is 11.8. The molecule has 0 N–H and O–H groups in total. The van der Waals surface area contributed by atoms with E-state index in [1.165, 1.54) is 11.8 Å². The number of carbonyl (C=O) groups excluding carboxylic acids is 1. The SMILES string of the molecule is COc1cc(-c2nnc(SCN3CCCCC3=O)o2)cc(OC)c1OC. The van der Waals surface area contributed by atoms with Crippen LogP contribution in [-0.4, -0.2) is 54.8 Å². The van der Waals surface area contributed by atoms with E-state index in [2.05, 4.69) is 10.2 Å². The van der Waals surface area contributed by atoms with Crippen molar-refractivity contribution in [2.75, 3.05) is 33.8 Å². The van der Waals surface area contributed by atoms with Gasteiger partial charge in [-0.2, -0.15) is 0 Å².